The fourth-order valence-electron chi connectivity index (χ4n) is 2.34. The number of aromatic nitrogens is 4. The molecule has 0 aliphatic carbocycles. The summed E-state index contributed by atoms with van der Waals surface area (Å²) < 4.78 is 29.3. The van der Waals surface area contributed by atoms with Crippen molar-refractivity contribution in [3.05, 3.63) is 65.5 Å². The molecule has 0 N–H and O–H groups in total. The molecule has 0 atom stereocenters. The van der Waals surface area contributed by atoms with Crippen molar-refractivity contribution >= 4 is 10.1 Å². The van der Waals surface area contributed by atoms with Crippen LogP contribution in [0.2, 0.25) is 0 Å². The van der Waals surface area contributed by atoms with E-state index in [1.807, 2.05) is 38.1 Å². The van der Waals surface area contributed by atoms with Gasteiger partial charge in [-0.1, -0.05) is 47.5 Å². The SMILES string of the molecule is Cc1ccc(-c2nnc(CCCOS(=O)(=O)c3ccc(C)cc3)nn2)cc1. The van der Waals surface area contributed by atoms with E-state index in [2.05, 4.69) is 20.4 Å². The molecule has 0 saturated carbocycles. The largest absolute Gasteiger partial charge is 0.296 e. The third-order valence-corrected chi connectivity index (χ3v) is 5.25. The Morgan fingerprint density at radius 2 is 1.37 bits per heavy atom. The third-order valence-electron chi connectivity index (χ3n) is 3.92. The summed E-state index contributed by atoms with van der Waals surface area (Å²) in [5.74, 6) is 0.902. The Morgan fingerprint density at radius 3 is 1.96 bits per heavy atom. The molecule has 1 aromatic heterocycles. The topological polar surface area (TPSA) is 94.9 Å². The molecule has 0 bridgehead atoms. The van der Waals surface area contributed by atoms with Gasteiger partial charge in [0.25, 0.3) is 10.1 Å². The average molecular weight is 384 g/mol. The summed E-state index contributed by atoms with van der Waals surface area (Å²) in [6.07, 6.45) is 0.871. The van der Waals surface area contributed by atoms with Gasteiger partial charge in [-0.05, 0) is 32.4 Å². The van der Waals surface area contributed by atoms with Crippen molar-refractivity contribution in [2.45, 2.75) is 31.6 Å². The van der Waals surface area contributed by atoms with Gasteiger partial charge in [0.2, 0.25) is 5.82 Å². The standard InChI is InChI=1S/C19H20N4O3S/c1-14-5-9-16(10-6-14)19-22-20-18(21-23-19)4-3-13-26-27(24,25)17-11-7-15(2)8-12-17/h5-12H,3-4,13H2,1-2H3. The van der Waals surface area contributed by atoms with Gasteiger partial charge in [-0.2, -0.15) is 8.42 Å². The van der Waals surface area contributed by atoms with Crippen LogP contribution < -0.4 is 0 Å². The normalized spacial score (nSPS) is 11.5. The highest BCUT2D eigenvalue weighted by atomic mass is 32.2. The van der Waals surface area contributed by atoms with Gasteiger partial charge in [0.15, 0.2) is 5.82 Å². The Balaban J connectivity index is 1.52. The van der Waals surface area contributed by atoms with E-state index in [4.69, 9.17) is 4.18 Å². The lowest BCUT2D eigenvalue weighted by Gasteiger charge is -2.05. The second kappa shape index (κ2) is 8.32. The van der Waals surface area contributed by atoms with Gasteiger partial charge in [0.05, 0.1) is 11.5 Å². The van der Waals surface area contributed by atoms with Crippen molar-refractivity contribution < 1.29 is 12.6 Å². The fourth-order valence-corrected chi connectivity index (χ4v) is 3.28. The predicted octanol–water partition coefficient (Wildman–Crippen LogP) is 2.89. The molecular formula is C19H20N4O3S. The number of aryl methyl sites for hydroxylation is 3. The number of benzene rings is 2. The van der Waals surface area contributed by atoms with Crippen LogP contribution in [0.3, 0.4) is 0 Å². The smallest absolute Gasteiger partial charge is 0.266 e. The molecule has 27 heavy (non-hydrogen) atoms. The van der Waals surface area contributed by atoms with Crippen molar-refractivity contribution in [3.63, 3.8) is 0 Å². The molecule has 140 valence electrons. The number of hydrogen-bond acceptors (Lipinski definition) is 7. The highest BCUT2D eigenvalue weighted by Gasteiger charge is 2.14. The first-order chi connectivity index (χ1) is 12.9. The number of hydrogen-bond donors (Lipinski definition) is 0. The Hall–Kier alpha value is -2.71. The van der Waals surface area contributed by atoms with Gasteiger partial charge in [-0.3, -0.25) is 4.18 Å². The maximum absolute atomic E-state index is 12.1. The minimum absolute atomic E-state index is 0.0410. The molecule has 0 amide bonds. The summed E-state index contributed by atoms with van der Waals surface area (Å²) in [5, 5.41) is 16.3. The summed E-state index contributed by atoms with van der Waals surface area (Å²) >= 11 is 0. The first-order valence-corrected chi connectivity index (χ1v) is 9.94. The minimum atomic E-state index is -3.75. The van der Waals surface area contributed by atoms with Crippen LogP contribution in [0.15, 0.2) is 53.4 Å². The van der Waals surface area contributed by atoms with Crippen LogP contribution >= 0.6 is 0 Å². The quantitative estimate of drug-likeness (QED) is 0.456. The van der Waals surface area contributed by atoms with Crippen LogP contribution in [-0.2, 0) is 20.7 Å². The Morgan fingerprint density at radius 1 is 0.815 bits per heavy atom. The summed E-state index contributed by atoms with van der Waals surface area (Å²) in [5.41, 5.74) is 2.98. The van der Waals surface area contributed by atoms with Gasteiger partial charge < -0.3 is 0 Å². The van der Waals surface area contributed by atoms with E-state index in [0.29, 0.717) is 24.5 Å². The molecule has 7 nitrogen and oxygen atoms in total. The maximum Gasteiger partial charge on any atom is 0.296 e. The highest BCUT2D eigenvalue weighted by Crippen LogP contribution is 2.15. The first-order valence-electron chi connectivity index (χ1n) is 8.53. The van der Waals surface area contributed by atoms with Crippen LogP contribution in [0.5, 0.6) is 0 Å². The highest BCUT2D eigenvalue weighted by molar-refractivity contribution is 7.86. The lowest BCUT2D eigenvalue weighted by atomic mass is 10.1. The Labute approximate surface area is 158 Å². The fraction of sp³-hybridized carbons (Fsp3) is 0.263. The molecule has 0 radical (unpaired) electrons. The molecule has 0 spiro atoms. The molecule has 0 unspecified atom stereocenters. The van der Waals surface area contributed by atoms with Crippen LogP contribution in [0.1, 0.15) is 23.4 Å². The first kappa shape index (κ1) is 19.1. The molecule has 0 fully saturated rings. The van der Waals surface area contributed by atoms with E-state index in [9.17, 15) is 8.42 Å². The zero-order valence-corrected chi connectivity index (χ0v) is 16.0. The van der Waals surface area contributed by atoms with E-state index in [1.165, 1.54) is 12.1 Å². The summed E-state index contributed by atoms with van der Waals surface area (Å²) in [6, 6.07) is 14.3. The van der Waals surface area contributed by atoms with Crippen LogP contribution in [0.4, 0.5) is 0 Å². The molecule has 8 heteroatoms. The maximum atomic E-state index is 12.1. The molecule has 0 aliphatic heterocycles. The Kier molecular flexibility index (Phi) is 5.88. The number of rotatable bonds is 7. The van der Waals surface area contributed by atoms with Crippen molar-refractivity contribution in [2.75, 3.05) is 6.61 Å². The van der Waals surface area contributed by atoms with Crippen LogP contribution in [-0.4, -0.2) is 35.4 Å². The van der Waals surface area contributed by atoms with Crippen molar-refractivity contribution in [1.29, 1.82) is 0 Å². The van der Waals surface area contributed by atoms with Crippen molar-refractivity contribution in [3.8, 4) is 11.4 Å². The van der Waals surface area contributed by atoms with Crippen molar-refractivity contribution in [1.82, 2.24) is 20.4 Å². The minimum Gasteiger partial charge on any atom is -0.266 e. The second-order valence-corrected chi connectivity index (χ2v) is 7.81. The summed E-state index contributed by atoms with van der Waals surface area (Å²) in [7, 11) is -3.75. The lowest BCUT2D eigenvalue weighted by molar-refractivity contribution is 0.311. The van der Waals surface area contributed by atoms with Crippen LogP contribution in [0, 0.1) is 13.8 Å². The second-order valence-electron chi connectivity index (χ2n) is 6.20. The average Bonchev–Trinajstić information content (AvgIpc) is 2.67. The van der Waals surface area contributed by atoms with E-state index in [1.54, 1.807) is 12.1 Å². The van der Waals surface area contributed by atoms with Gasteiger partial charge in [-0.15, -0.1) is 20.4 Å². The zero-order chi connectivity index (χ0) is 19.3. The summed E-state index contributed by atoms with van der Waals surface area (Å²) in [4.78, 5) is 0.148. The lowest BCUT2D eigenvalue weighted by Crippen LogP contribution is -2.09. The molecular weight excluding hydrogens is 364 g/mol. The van der Waals surface area contributed by atoms with Gasteiger partial charge in [-0.25, -0.2) is 0 Å². The molecule has 3 aromatic rings. The molecule has 2 aromatic carbocycles. The molecule has 1 heterocycles. The third kappa shape index (κ3) is 5.15. The monoisotopic (exact) mass is 384 g/mol. The number of nitrogens with zero attached hydrogens (tertiary/aromatic N) is 4. The van der Waals surface area contributed by atoms with E-state index in [0.717, 1.165) is 16.7 Å². The van der Waals surface area contributed by atoms with Gasteiger partial charge in [0, 0.05) is 12.0 Å². The predicted molar refractivity (Wildman–Crippen MR) is 100 cm³/mol. The van der Waals surface area contributed by atoms with E-state index in [-0.39, 0.29) is 11.5 Å². The summed E-state index contributed by atoms with van der Waals surface area (Å²) in [6.45, 7) is 3.94. The molecule has 0 saturated heterocycles. The molecule has 0 aliphatic rings. The van der Waals surface area contributed by atoms with E-state index < -0.39 is 10.1 Å². The molecule has 3 rings (SSSR count). The van der Waals surface area contributed by atoms with Gasteiger partial charge >= 0.3 is 0 Å². The van der Waals surface area contributed by atoms with Crippen molar-refractivity contribution in [2.24, 2.45) is 0 Å². The van der Waals surface area contributed by atoms with Crippen LogP contribution in [0.25, 0.3) is 11.4 Å². The van der Waals surface area contributed by atoms with E-state index >= 15 is 0 Å². The zero-order valence-electron chi connectivity index (χ0n) is 15.2. The van der Waals surface area contributed by atoms with Gasteiger partial charge in [0.1, 0.15) is 0 Å². The Bertz CT molecular complexity index is 987.